The third-order valence-corrected chi connectivity index (χ3v) is 1.41. The van der Waals surface area contributed by atoms with Crippen LogP contribution in [0, 0.1) is 6.42 Å². The predicted octanol–water partition coefficient (Wildman–Crippen LogP) is -1.87. The monoisotopic (exact) mass is 138 g/mol. The summed E-state index contributed by atoms with van der Waals surface area (Å²) in [6.07, 6.45) is 6.44. The first-order valence-corrected chi connectivity index (χ1v) is 2.89. The Kier molecular flexibility index (Phi) is 6.46. The summed E-state index contributed by atoms with van der Waals surface area (Å²) in [5, 5.41) is 8.89. The standard InChI is InChI=1S/C6H11O.K/c7-6-4-2-1-3-5-6;/h1,6-7H,2-5H2;/q-1;+1. The Balaban J connectivity index is 0.000000490. The fourth-order valence-electron chi connectivity index (χ4n) is 0.909. The van der Waals surface area contributed by atoms with Crippen molar-refractivity contribution in [2.75, 3.05) is 0 Å². The van der Waals surface area contributed by atoms with Gasteiger partial charge in [-0.05, 0) is 0 Å². The molecule has 2 heteroatoms. The van der Waals surface area contributed by atoms with Crippen LogP contribution < -0.4 is 51.4 Å². The molecule has 0 heterocycles. The van der Waals surface area contributed by atoms with Gasteiger partial charge in [-0.1, -0.05) is 12.8 Å². The first-order chi connectivity index (χ1) is 3.39. The van der Waals surface area contributed by atoms with Crippen LogP contribution in [0.5, 0.6) is 0 Å². The second-order valence-corrected chi connectivity index (χ2v) is 2.10. The van der Waals surface area contributed by atoms with Gasteiger partial charge in [0.2, 0.25) is 0 Å². The van der Waals surface area contributed by atoms with Crippen LogP contribution in [-0.2, 0) is 0 Å². The van der Waals surface area contributed by atoms with Crippen molar-refractivity contribution in [1.29, 1.82) is 0 Å². The third-order valence-electron chi connectivity index (χ3n) is 1.41. The quantitative estimate of drug-likeness (QED) is 0.307. The second kappa shape index (κ2) is 5.39. The van der Waals surface area contributed by atoms with Crippen molar-refractivity contribution >= 4 is 0 Å². The van der Waals surface area contributed by atoms with Gasteiger partial charge >= 0.3 is 51.4 Å². The SMILES string of the molecule is OC1CC[CH-]CC1.[K+]. The fourth-order valence-corrected chi connectivity index (χ4v) is 0.909. The number of rotatable bonds is 0. The molecule has 1 N–H and O–H groups in total. The molecule has 0 atom stereocenters. The van der Waals surface area contributed by atoms with Crippen LogP contribution in [-0.4, -0.2) is 11.2 Å². The number of aliphatic hydroxyl groups excluding tert-OH is 1. The summed E-state index contributed by atoms with van der Waals surface area (Å²) < 4.78 is 0. The maximum absolute atomic E-state index is 8.89. The van der Waals surface area contributed by atoms with E-state index in [1.807, 2.05) is 0 Å². The van der Waals surface area contributed by atoms with Crippen molar-refractivity contribution in [3.8, 4) is 0 Å². The zero-order valence-electron chi connectivity index (χ0n) is 5.43. The average Bonchev–Trinajstić information content (AvgIpc) is 1.69. The maximum Gasteiger partial charge on any atom is 1.00 e. The van der Waals surface area contributed by atoms with E-state index in [1.165, 1.54) is 0 Å². The Morgan fingerprint density at radius 2 is 1.75 bits per heavy atom. The molecule has 1 saturated carbocycles. The third kappa shape index (κ3) is 3.59. The molecule has 1 aliphatic rings. The van der Waals surface area contributed by atoms with Crippen molar-refractivity contribution < 1.29 is 56.5 Å². The summed E-state index contributed by atoms with van der Waals surface area (Å²) in [7, 11) is 0. The smallest absolute Gasteiger partial charge is 0.393 e. The van der Waals surface area contributed by atoms with E-state index >= 15 is 0 Å². The molecule has 0 aromatic heterocycles. The number of aliphatic hydroxyl groups is 1. The summed E-state index contributed by atoms with van der Waals surface area (Å²) in [4.78, 5) is 0. The second-order valence-electron chi connectivity index (χ2n) is 2.10. The summed E-state index contributed by atoms with van der Waals surface area (Å²) in [5.41, 5.74) is 0. The first-order valence-electron chi connectivity index (χ1n) is 2.89. The normalized spacial score (nSPS) is 22.1. The van der Waals surface area contributed by atoms with Gasteiger partial charge in [0.05, 0.1) is 0 Å². The molecule has 1 aliphatic carbocycles. The van der Waals surface area contributed by atoms with Crippen LogP contribution >= 0.6 is 0 Å². The Bertz CT molecular complexity index is 50.5. The summed E-state index contributed by atoms with van der Waals surface area (Å²) in [6.45, 7) is 0. The molecular weight excluding hydrogens is 127 g/mol. The maximum atomic E-state index is 8.89. The molecule has 1 rings (SSSR count). The molecule has 0 bridgehead atoms. The molecule has 0 amide bonds. The van der Waals surface area contributed by atoms with Crippen LogP contribution in [0.4, 0.5) is 0 Å². The molecule has 42 valence electrons. The molecule has 0 radical (unpaired) electrons. The van der Waals surface area contributed by atoms with E-state index in [-0.39, 0.29) is 57.5 Å². The van der Waals surface area contributed by atoms with E-state index in [4.69, 9.17) is 5.11 Å². The van der Waals surface area contributed by atoms with Gasteiger partial charge in [-0.3, -0.25) is 0 Å². The van der Waals surface area contributed by atoms with Gasteiger partial charge in [0.25, 0.3) is 0 Å². The molecule has 0 aromatic carbocycles. The van der Waals surface area contributed by atoms with E-state index in [9.17, 15) is 0 Å². The first kappa shape index (κ1) is 9.60. The van der Waals surface area contributed by atoms with Crippen molar-refractivity contribution in [2.45, 2.75) is 31.8 Å². The molecule has 0 spiro atoms. The van der Waals surface area contributed by atoms with Gasteiger partial charge < -0.3 is 11.5 Å². The summed E-state index contributed by atoms with van der Waals surface area (Å²) in [6, 6.07) is 0. The Morgan fingerprint density at radius 1 is 1.25 bits per heavy atom. The van der Waals surface area contributed by atoms with Crippen LogP contribution in [0.1, 0.15) is 25.7 Å². The van der Waals surface area contributed by atoms with Gasteiger partial charge in [-0.2, -0.15) is 12.8 Å². The molecule has 0 unspecified atom stereocenters. The van der Waals surface area contributed by atoms with E-state index in [1.54, 1.807) is 0 Å². The van der Waals surface area contributed by atoms with E-state index < -0.39 is 0 Å². The average molecular weight is 138 g/mol. The molecule has 0 saturated heterocycles. The number of hydrogen-bond donors (Lipinski definition) is 1. The Morgan fingerprint density at radius 3 is 2.00 bits per heavy atom. The Hall–Kier alpha value is 1.60. The van der Waals surface area contributed by atoms with Crippen molar-refractivity contribution in [3.63, 3.8) is 0 Å². The van der Waals surface area contributed by atoms with Crippen LogP contribution in [0.3, 0.4) is 0 Å². The predicted molar refractivity (Wildman–Crippen MR) is 28.8 cm³/mol. The molecular formula is C6H11KO. The van der Waals surface area contributed by atoms with Crippen molar-refractivity contribution in [1.82, 2.24) is 0 Å². The summed E-state index contributed by atoms with van der Waals surface area (Å²) >= 11 is 0. The minimum absolute atomic E-state index is 0. The molecule has 1 nitrogen and oxygen atoms in total. The number of hydrogen-bond acceptors (Lipinski definition) is 1. The van der Waals surface area contributed by atoms with E-state index in [2.05, 4.69) is 6.42 Å². The fraction of sp³-hybridized carbons (Fsp3) is 0.833. The van der Waals surface area contributed by atoms with Crippen molar-refractivity contribution in [3.05, 3.63) is 6.42 Å². The molecule has 8 heavy (non-hydrogen) atoms. The zero-order valence-corrected chi connectivity index (χ0v) is 8.55. The van der Waals surface area contributed by atoms with Gasteiger partial charge in [0.1, 0.15) is 0 Å². The van der Waals surface area contributed by atoms with Crippen molar-refractivity contribution in [2.24, 2.45) is 0 Å². The van der Waals surface area contributed by atoms with Crippen LogP contribution in [0.15, 0.2) is 0 Å². The van der Waals surface area contributed by atoms with Gasteiger partial charge in [0, 0.05) is 6.10 Å². The van der Waals surface area contributed by atoms with E-state index in [0.717, 1.165) is 25.7 Å². The molecule has 0 aliphatic heterocycles. The Labute approximate surface area is 93.3 Å². The largest absolute Gasteiger partial charge is 1.00 e. The summed E-state index contributed by atoms with van der Waals surface area (Å²) in [5.74, 6) is 0. The molecule has 1 fully saturated rings. The van der Waals surface area contributed by atoms with Gasteiger partial charge in [-0.15, -0.1) is 0 Å². The van der Waals surface area contributed by atoms with E-state index in [0.29, 0.717) is 0 Å². The molecule has 0 aromatic rings. The van der Waals surface area contributed by atoms with Gasteiger partial charge in [-0.25, -0.2) is 0 Å². The van der Waals surface area contributed by atoms with Crippen LogP contribution in [0.2, 0.25) is 0 Å². The van der Waals surface area contributed by atoms with Gasteiger partial charge in [0.15, 0.2) is 0 Å². The minimum Gasteiger partial charge on any atom is -0.393 e. The zero-order chi connectivity index (χ0) is 5.11. The van der Waals surface area contributed by atoms with Crippen LogP contribution in [0.25, 0.3) is 0 Å². The minimum atomic E-state index is 0. The topological polar surface area (TPSA) is 20.2 Å².